The maximum absolute atomic E-state index is 5.66. The fourth-order valence-corrected chi connectivity index (χ4v) is 16.3. The van der Waals surface area contributed by atoms with Gasteiger partial charge in [-0.3, -0.25) is 4.99 Å². The number of aromatic nitrogens is 8. The minimum Gasteiger partial charge on any atom is -0.315 e. The number of aliphatic imine (C=N–C) groups is 2. The first-order valence-electron chi connectivity index (χ1n) is 37.5. The molecule has 0 N–H and O–H groups in total. The van der Waals surface area contributed by atoms with Crippen molar-refractivity contribution >= 4 is 67.5 Å². The largest absolute Gasteiger partial charge is 0.315 e. The smallest absolute Gasteiger partial charge is 0.164 e. The van der Waals surface area contributed by atoms with Crippen LogP contribution in [0, 0.1) is 0 Å². The van der Waals surface area contributed by atoms with Crippen molar-refractivity contribution < 1.29 is 0 Å². The van der Waals surface area contributed by atoms with E-state index in [1.807, 2.05) is 128 Å². The van der Waals surface area contributed by atoms with E-state index >= 15 is 0 Å². The molecule has 6 aliphatic rings. The summed E-state index contributed by atoms with van der Waals surface area (Å²) in [6.45, 7) is 0. The fraction of sp³-hybridized carbons (Fsp3) is 0.0404. The number of pyridine rings is 1. The molecule has 0 amide bonds. The lowest BCUT2D eigenvalue weighted by molar-refractivity contribution is 0.809. The summed E-state index contributed by atoms with van der Waals surface area (Å²) in [5.74, 6) is 4.50. The maximum atomic E-state index is 5.66. The number of benzene rings is 11. The summed E-state index contributed by atoms with van der Waals surface area (Å²) in [5, 5.41) is 2.16. The predicted molar refractivity (Wildman–Crippen MR) is 450 cm³/mol. The van der Waals surface area contributed by atoms with Crippen LogP contribution in [0.5, 0.6) is 0 Å². The summed E-state index contributed by atoms with van der Waals surface area (Å²) in [4.78, 5) is 52.2. The van der Waals surface area contributed by atoms with Crippen LogP contribution in [-0.4, -0.2) is 63.7 Å². The summed E-state index contributed by atoms with van der Waals surface area (Å²) in [7, 11) is 0. The second-order valence-corrected chi connectivity index (χ2v) is 28.4. The Kier molecular flexibility index (Phi) is 15.9. The van der Waals surface area contributed by atoms with E-state index in [1.165, 1.54) is 27.9 Å². The van der Waals surface area contributed by atoms with Crippen molar-refractivity contribution in [2.75, 3.05) is 9.80 Å². The second kappa shape index (κ2) is 27.2. The zero-order chi connectivity index (χ0) is 73.3. The number of amidine groups is 1. The van der Waals surface area contributed by atoms with Gasteiger partial charge in [-0.25, -0.2) is 39.9 Å². The first kappa shape index (κ1) is 64.6. The van der Waals surface area contributed by atoms with Gasteiger partial charge in [0.15, 0.2) is 41.1 Å². The Bertz CT molecular complexity index is 6410. The summed E-state index contributed by atoms with van der Waals surface area (Å²) < 4.78 is 2.40. The quantitative estimate of drug-likeness (QED) is 0.105. The maximum Gasteiger partial charge on any atom is 0.164 e. The monoisotopic (exact) mass is 1420 g/mol. The Balaban J connectivity index is 0.726. The number of nitrogens with zero attached hydrogens (tertiary/aromatic N) is 12. The van der Waals surface area contributed by atoms with Gasteiger partial charge in [-0.15, -0.1) is 0 Å². The molecule has 0 spiro atoms. The summed E-state index contributed by atoms with van der Waals surface area (Å²) >= 11 is 0. The highest BCUT2D eigenvalue weighted by Crippen LogP contribution is 2.50. The molecule has 4 aliphatic heterocycles. The van der Waals surface area contributed by atoms with Gasteiger partial charge in [0, 0.05) is 120 Å². The second-order valence-electron chi connectivity index (χ2n) is 28.4. The van der Waals surface area contributed by atoms with Gasteiger partial charge < -0.3 is 14.4 Å². The zero-order valence-electron chi connectivity index (χ0n) is 60.1. The van der Waals surface area contributed by atoms with E-state index in [-0.39, 0.29) is 12.2 Å². The molecular formula is C99H66N12. The molecule has 111 heavy (non-hydrogen) atoms. The van der Waals surface area contributed by atoms with Crippen molar-refractivity contribution in [2.24, 2.45) is 9.98 Å². The van der Waals surface area contributed by atoms with E-state index in [9.17, 15) is 0 Å². The van der Waals surface area contributed by atoms with E-state index in [1.54, 1.807) is 0 Å². The Labute approximate surface area is 641 Å². The van der Waals surface area contributed by atoms with Crippen LogP contribution in [0.1, 0.15) is 35.4 Å². The molecule has 0 radical (unpaired) electrons. The van der Waals surface area contributed by atoms with Crippen LogP contribution in [0.4, 0.5) is 11.4 Å². The third kappa shape index (κ3) is 11.8. The molecular weight excluding hydrogens is 1360 g/mol. The molecule has 15 aromatic rings. The highest BCUT2D eigenvalue weighted by molar-refractivity contribution is 6.20. The molecule has 11 aromatic carbocycles. The van der Waals surface area contributed by atoms with Gasteiger partial charge in [-0.1, -0.05) is 261 Å². The molecule has 0 saturated carbocycles. The van der Waals surface area contributed by atoms with Crippen LogP contribution < -0.4 is 9.80 Å². The van der Waals surface area contributed by atoms with Crippen molar-refractivity contribution in [3.63, 3.8) is 0 Å². The van der Waals surface area contributed by atoms with E-state index in [0.29, 0.717) is 41.4 Å². The van der Waals surface area contributed by atoms with Crippen LogP contribution in [0.3, 0.4) is 0 Å². The number of hydrogen-bond acceptors (Lipinski definition) is 11. The van der Waals surface area contributed by atoms with E-state index < -0.39 is 0 Å². The van der Waals surface area contributed by atoms with Gasteiger partial charge in [-0.05, 0) is 130 Å². The van der Waals surface area contributed by atoms with Crippen molar-refractivity contribution in [1.82, 2.24) is 39.5 Å². The third-order valence-electron chi connectivity index (χ3n) is 21.7. The highest BCUT2D eigenvalue weighted by Gasteiger charge is 2.42. The number of hydrogen-bond donors (Lipinski definition) is 0. The molecule has 21 rings (SSSR count). The summed E-state index contributed by atoms with van der Waals surface area (Å²) in [6, 6.07) is 110. The van der Waals surface area contributed by atoms with Gasteiger partial charge in [0.25, 0.3) is 0 Å². The van der Waals surface area contributed by atoms with Gasteiger partial charge in [0.05, 0.1) is 28.5 Å². The van der Waals surface area contributed by atoms with Crippen molar-refractivity contribution in [1.29, 1.82) is 0 Å². The molecule has 8 heterocycles. The number of allylic oxidation sites excluding steroid dienone is 8. The van der Waals surface area contributed by atoms with Gasteiger partial charge in [0.2, 0.25) is 0 Å². The average molecular weight is 1420 g/mol. The van der Waals surface area contributed by atoms with Crippen LogP contribution in [0.25, 0.3) is 129 Å². The minimum absolute atomic E-state index is 0.185. The molecule has 2 aliphatic carbocycles. The van der Waals surface area contributed by atoms with Gasteiger partial charge >= 0.3 is 0 Å². The van der Waals surface area contributed by atoms with Crippen molar-refractivity contribution in [3.8, 4) is 85.1 Å². The lowest BCUT2D eigenvalue weighted by Gasteiger charge is -2.29. The lowest BCUT2D eigenvalue weighted by atomic mass is 9.89. The van der Waals surface area contributed by atoms with Gasteiger partial charge in [-0.2, -0.15) is 0 Å². The predicted octanol–water partition coefficient (Wildman–Crippen LogP) is 22.2. The van der Waals surface area contributed by atoms with Crippen LogP contribution in [-0.2, 0) is 0 Å². The normalized spacial score (nSPS) is 16.2. The molecule has 0 saturated heterocycles. The molecule has 12 nitrogen and oxygen atoms in total. The lowest BCUT2D eigenvalue weighted by Crippen LogP contribution is -2.35. The molecule has 0 fully saturated rings. The number of fused-ring (bicyclic) bond motifs is 7. The Morgan fingerprint density at radius 1 is 0.315 bits per heavy atom. The molecule has 4 aromatic heterocycles. The topological polar surface area (TPSA) is 126 Å². The molecule has 2 unspecified atom stereocenters. The molecule has 2 atom stereocenters. The van der Waals surface area contributed by atoms with Crippen molar-refractivity contribution in [3.05, 3.63) is 409 Å². The Morgan fingerprint density at radius 2 is 0.739 bits per heavy atom. The standard InChI is InChI=1S/C99H66N12/c1-9-25-63(26-10-1)72-43-49-90-80(53-72)84-55-75(74-57-86(65-29-13-3-14-30-65)102-87(58-74)66-31-15-4-16-32-66)61-100-98(84)110(90)78-47-51-88-82(59-78)83-60-79(48-52-89(83)109(88)77-45-41-71(42-46-77)96-105-92(67-33-17-5-18-34-67)103-93(106-96)68-35-19-6-20-36-68)111-91-50-44-73(64-27-11-2-12-28-64)54-81(91)85-56-76(62-101-99(85)111)97-107-94(69-37-21-7-22-38-69)104-95(108-97)70-39-23-8-24-40-70/h1-52,54-55,57-62,91,98H,53,56H2. The van der Waals surface area contributed by atoms with Crippen LogP contribution >= 0.6 is 0 Å². The zero-order valence-corrected chi connectivity index (χ0v) is 60.1. The van der Waals surface area contributed by atoms with Gasteiger partial charge in [0.1, 0.15) is 5.84 Å². The fourth-order valence-electron chi connectivity index (χ4n) is 16.3. The first-order chi connectivity index (χ1) is 55.0. The molecule has 12 heteroatoms. The van der Waals surface area contributed by atoms with Crippen LogP contribution in [0.2, 0.25) is 0 Å². The van der Waals surface area contributed by atoms with Crippen LogP contribution in [0.15, 0.2) is 396 Å². The third-order valence-corrected chi connectivity index (χ3v) is 21.7. The SMILES string of the molecule is C1=CC2C(=C3CC(c4nc(-c5ccccc5)nc(-c5ccccc5)n4)=CN=C3N2c2ccc3c(c2)c2cc(N4C5=CC=C(c6ccccc6)CC5=C5C=C(c6cc(-c7ccccc7)nc(-c7ccccc7)c6)C=NC54)ccc2n3-c2ccc(-c3nc(-c4ccccc4)nc(-c4ccccc4)n3)cc2)C=C1c1ccccc1. The number of dihydropyridines is 1. The Morgan fingerprint density at radius 3 is 1.24 bits per heavy atom. The average Bonchev–Trinajstić information content (AvgIpc) is 1.57. The highest BCUT2D eigenvalue weighted by atomic mass is 15.3. The number of anilines is 2. The number of rotatable bonds is 14. The molecule has 0 bridgehead atoms. The Hall–Kier alpha value is -14.8. The molecule has 522 valence electrons. The van der Waals surface area contributed by atoms with E-state index in [2.05, 4.69) is 251 Å². The summed E-state index contributed by atoms with van der Waals surface area (Å²) in [6.07, 6.45) is 19.0. The van der Waals surface area contributed by atoms with Crippen molar-refractivity contribution in [2.45, 2.75) is 25.0 Å². The van der Waals surface area contributed by atoms with E-state index in [0.717, 1.165) is 141 Å². The van der Waals surface area contributed by atoms with E-state index in [4.69, 9.17) is 44.9 Å². The first-order valence-corrected chi connectivity index (χ1v) is 37.5. The summed E-state index contributed by atoms with van der Waals surface area (Å²) in [5.41, 5.74) is 27.1. The minimum atomic E-state index is -0.356.